The molecule has 1 aliphatic rings. The molecule has 1 aromatic rings. The summed E-state index contributed by atoms with van der Waals surface area (Å²) in [5, 5.41) is 5.63. The zero-order valence-electron chi connectivity index (χ0n) is 11.9. The van der Waals surface area contributed by atoms with E-state index in [1.807, 2.05) is 12.1 Å². The third-order valence-corrected chi connectivity index (χ3v) is 4.74. The molecule has 0 aromatic carbocycles. The van der Waals surface area contributed by atoms with Gasteiger partial charge >= 0.3 is 6.03 Å². The van der Waals surface area contributed by atoms with Crippen molar-refractivity contribution in [2.24, 2.45) is 0 Å². The van der Waals surface area contributed by atoms with E-state index in [9.17, 15) is 13.2 Å². The summed E-state index contributed by atoms with van der Waals surface area (Å²) in [5.74, 6) is 0. The smallest absolute Gasteiger partial charge is 0.315 e. The predicted octanol–water partition coefficient (Wildman–Crippen LogP) is 0.305. The molecule has 8 heteroatoms. The molecule has 2 amide bonds. The minimum atomic E-state index is -3.13. The first kappa shape index (κ1) is 15.7. The zero-order chi connectivity index (χ0) is 15.3. The first-order valence-corrected chi connectivity index (χ1v) is 8.68. The van der Waals surface area contributed by atoms with Crippen LogP contribution in [0.2, 0.25) is 0 Å². The Morgan fingerprint density at radius 2 is 2.14 bits per heavy atom. The monoisotopic (exact) mass is 312 g/mol. The number of hydrogen-bond acceptors (Lipinski definition) is 4. The van der Waals surface area contributed by atoms with Gasteiger partial charge in [-0.3, -0.25) is 4.98 Å². The minimum Gasteiger partial charge on any atom is -0.335 e. The highest BCUT2D eigenvalue weighted by Gasteiger charge is 2.25. The fraction of sp³-hybridized carbons (Fsp3) is 0.538. The Balaban J connectivity index is 1.72. The summed E-state index contributed by atoms with van der Waals surface area (Å²) in [5.41, 5.74) is 0.930. The summed E-state index contributed by atoms with van der Waals surface area (Å²) in [6, 6.07) is 3.47. The Labute approximate surface area is 124 Å². The van der Waals surface area contributed by atoms with Gasteiger partial charge in [0.1, 0.15) is 0 Å². The molecule has 0 atom stereocenters. The summed E-state index contributed by atoms with van der Waals surface area (Å²) in [6.45, 7) is 1.32. The topological polar surface area (TPSA) is 91.4 Å². The van der Waals surface area contributed by atoms with E-state index in [-0.39, 0.29) is 12.1 Å². The van der Waals surface area contributed by atoms with Gasteiger partial charge in [-0.05, 0) is 24.5 Å². The van der Waals surface area contributed by atoms with Gasteiger partial charge in [0, 0.05) is 38.1 Å². The SMILES string of the molecule is CS(=O)(=O)N1CCC(NC(=O)NCc2cccnc2)CC1. The molecule has 0 bridgehead atoms. The average molecular weight is 312 g/mol. The van der Waals surface area contributed by atoms with Gasteiger partial charge in [0.25, 0.3) is 0 Å². The van der Waals surface area contributed by atoms with Crippen molar-refractivity contribution < 1.29 is 13.2 Å². The number of rotatable bonds is 4. The van der Waals surface area contributed by atoms with E-state index < -0.39 is 10.0 Å². The first-order valence-electron chi connectivity index (χ1n) is 6.83. The van der Waals surface area contributed by atoms with Crippen molar-refractivity contribution in [3.05, 3.63) is 30.1 Å². The van der Waals surface area contributed by atoms with Crippen LogP contribution >= 0.6 is 0 Å². The largest absolute Gasteiger partial charge is 0.335 e. The number of urea groups is 1. The normalized spacial score (nSPS) is 17.4. The van der Waals surface area contributed by atoms with Gasteiger partial charge in [0.05, 0.1) is 6.26 Å². The lowest BCUT2D eigenvalue weighted by Crippen LogP contribution is -2.48. The van der Waals surface area contributed by atoms with Crippen LogP contribution in [0.4, 0.5) is 4.79 Å². The van der Waals surface area contributed by atoms with Crippen LogP contribution in [-0.4, -0.2) is 49.1 Å². The number of sulfonamides is 1. The number of piperidine rings is 1. The molecule has 0 saturated carbocycles. The lowest BCUT2D eigenvalue weighted by Gasteiger charge is -2.30. The molecule has 2 N–H and O–H groups in total. The van der Waals surface area contributed by atoms with Crippen LogP contribution < -0.4 is 10.6 Å². The second kappa shape index (κ2) is 6.86. The van der Waals surface area contributed by atoms with Gasteiger partial charge < -0.3 is 10.6 Å². The van der Waals surface area contributed by atoms with E-state index in [2.05, 4.69) is 15.6 Å². The van der Waals surface area contributed by atoms with Crippen LogP contribution in [0.3, 0.4) is 0 Å². The number of carbonyl (C=O) groups is 1. The molecule has 0 unspecified atom stereocenters. The molecule has 1 aromatic heterocycles. The lowest BCUT2D eigenvalue weighted by molar-refractivity contribution is 0.227. The number of amides is 2. The Morgan fingerprint density at radius 1 is 1.43 bits per heavy atom. The molecule has 0 aliphatic carbocycles. The third-order valence-electron chi connectivity index (χ3n) is 3.43. The highest BCUT2D eigenvalue weighted by Crippen LogP contribution is 2.12. The molecule has 0 spiro atoms. The van der Waals surface area contributed by atoms with Gasteiger partial charge in [-0.25, -0.2) is 17.5 Å². The first-order chi connectivity index (χ1) is 9.95. The average Bonchev–Trinajstić information content (AvgIpc) is 2.46. The van der Waals surface area contributed by atoms with Crippen molar-refractivity contribution in [1.29, 1.82) is 0 Å². The fourth-order valence-electron chi connectivity index (χ4n) is 2.25. The second-order valence-corrected chi connectivity index (χ2v) is 7.11. The molecule has 1 fully saturated rings. The maximum Gasteiger partial charge on any atom is 0.315 e. The zero-order valence-corrected chi connectivity index (χ0v) is 12.8. The predicted molar refractivity (Wildman–Crippen MR) is 79.0 cm³/mol. The molecule has 21 heavy (non-hydrogen) atoms. The van der Waals surface area contributed by atoms with Crippen molar-refractivity contribution in [1.82, 2.24) is 19.9 Å². The van der Waals surface area contributed by atoms with Crippen molar-refractivity contribution in [3.8, 4) is 0 Å². The minimum absolute atomic E-state index is 0.0110. The van der Waals surface area contributed by atoms with E-state index in [1.54, 1.807) is 12.4 Å². The standard InChI is InChI=1S/C13H20N4O3S/c1-21(19,20)17-7-4-12(5-8-17)16-13(18)15-10-11-3-2-6-14-9-11/h2-3,6,9,12H,4-5,7-8,10H2,1H3,(H2,15,16,18). The second-order valence-electron chi connectivity index (χ2n) is 5.12. The van der Waals surface area contributed by atoms with E-state index in [0.29, 0.717) is 32.5 Å². The molecule has 7 nitrogen and oxygen atoms in total. The molecular weight excluding hydrogens is 292 g/mol. The van der Waals surface area contributed by atoms with Crippen LogP contribution in [0, 0.1) is 0 Å². The van der Waals surface area contributed by atoms with Gasteiger partial charge in [-0.1, -0.05) is 6.07 Å². The van der Waals surface area contributed by atoms with Crippen LogP contribution in [0.5, 0.6) is 0 Å². The Morgan fingerprint density at radius 3 is 2.71 bits per heavy atom. The molecule has 116 valence electrons. The van der Waals surface area contributed by atoms with Crippen molar-refractivity contribution in [2.75, 3.05) is 19.3 Å². The molecule has 1 aliphatic heterocycles. The Kier molecular flexibility index (Phi) is 5.13. The number of nitrogens with one attached hydrogen (secondary N) is 2. The summed E-state index contributed by atoms with van der Waals surface area (Å²) in [7, 11) is -3.13. The van der Waals surface area contributed by atoms with Crippen molar-refractivity contribution in [3.63, 3.8) is 0 Å². The van der Waals surface area contributed by atoms with Gasteiger partial charge in [-0.2, -0.15) is 0 Å². The summed E-state index contributed by atoms with van der Waals surface area (Å²) in [4.78, 5) is 15.8. The number of hydrogen-bond donors (Lipinski definition) is 2. The van der Waals surface area contributed by atoms with Crippen molar-refractivity contribution >= 4 is 16.1 Å². The van der Waals surface area contributed by atoms with E-state index in [4.69, 9.17) is 0 Å². The number of aromatic nitrogens is 1. The third kappa shape index (κ3) is 4.98. The van der Waals surface area contributed by atoms with Gasteiger partial charge in [-0.15, -0.1) is 0 Å². The van der Waals surface area contributed by atoms with E-state index >= 15 is 0 Å². The quantitative estimate of drug-likeness (QED) is 0.837. The maximum absolute atomic E-state index is 11.8. The highest BCUT2D eigenvalue weighted by molar-refractivity contribution is 7.88. The van der Waals surface area contributed by atoms with E-state index in [0.717, 1.165) is 5.56 Å². The van der Waals surface area contributed by atoms with Crippen molar-refractivity contribution in [2.45, 2.75) is 25.4 Å². The lowest BCUT2D eigenvalue weighted by atomic mass is 10.1. The van der Waals surface area contributed by atoms with Gasteiger partial charge in [0.15, 0.2) is 0 Å². The van der Waals surface area contributed by atoms with Crippen LogP contribution in [0.15, 0.2) is 24.5 Å². The number of nitrogens with zero attached hydrogens (tertiary/aromatic N) is 2. The molecular formula is C13H20N4O3S. The molecule has 2 rings (SSSR count). The Hall–Kier alpha value is -1.67. The van der Waals surface area contributed by atoms with Crippen LogP contribution in [0.25, 0.3) is 0 Å². The van der Waals surface area contributed by atoms with Crippen LogP contribution in [-0.2, 0) is 16.6 Å². The summed E-state index contributed by atoms with van der Waals surface area (Å²) >= 11 is 0. The Bertz CT molecular complexity index is 568. The summed E-state index contributed by atoms with van der Waals surface area (Å²) < 4.78 is 24.2. The molecule has 1 saturated heterocycles. The number of pyridine rings is 1. The molecule has 2 heterocycles. The highest BCUT2D eigenvalue weighted by atomic mass is 32.2. The van der Waals surface area contributed by atoms with E-state index in [1.165, 1.54) is 10.6 Å². The fourth-order valence-corrected chi connectivity index (χ4v) is 3.13. The maximum atomic E-state index is 11.8. The number of carbonyl (C=O) groups excluding carboxylic acids is 1. The van der Waals surface area contributed by atoms with Gasteiger partial charge in [0.2, 0.25) is 10.0 Å². The summed E-state index contributed by atoms with van der Waals surface area (Å²) in [6.07, 6.45) is 5.85. The van der Waals surface area contributed by atoms with Crippen LogP contribution in [0.1, 0.15) is 18.4 Å². The molecule has 0 radical (unpaired) electrons.